The lowest BCUT2D eigenvalue weighted by molar-refractivity contribution is -0.101. The van der Waals surface area contributed by atoms with Crippen molar-refractivity contribution in [3.05, 3.63) is 0 Å². The fraction of sp³-hybridized carbons (Fsp3) is 1.00. The van der Waals surface area contributed by atoms with Crippen molar-refractivity contribution in [2.75, 3.05) is 26.2 Å². The molecular weight excluding hydrogens is 260 g/mol. The van der Waals surface area contributed by atoms with Crippen LogP contribution in [0.3, 0.4) is 0 Å². The maximum absolute atomic E-state index is 10.1. The van der Waals surface area contributed by atoms with E-state index in [4.69, 9.17) is 5.73 Å². The van der Waals surface area contributed by atoms with Gasteiger partial charge < -0.3 is 10.8 Å². The minimum atomic E-state index is 0.128. The van der Waals surface area contributed by atoms with Crippen LogP contribution >= 0.6 is 0 Å². The highest BCUT2D eigenvalue weighted by atomic mass is 16.3. The molecule has 3 fully saturated rings. The molecule has 0 aromatic rings. The molecule has 2 bridgehead atoms. The van der Waals surface area contributed by atoms with E-state index >= 15 is 0 Å². The quantitative estimate of drug-likeness (QED) is 0.838. The van der Waals surface area contributed by atoms with Gasteiger partial charge in [-0.2, -0.15) is 0 Å². The molecule has 21 heavy (non-hydrogen) atoms. The summed E-state index contributed by atoms with van der Waals surface area (Å²) in [5, 5.41) is 10.1. The number of fused-ring (bicyclic) bond motifs is 2. The lowest BCUT2D eigenvalue weighted by Gasteiger charge is -2.59. The molecular formula is C18H34N2O. The average Bonchev–Trinajstić information content (AvgIpc) is 2.81. The summed E-state index contributed by atoms with van der Waals surface area (Å²) in [5.74, 6) is 1.02. The van der Waals surface area contributed by atoms with Gasteiger partial charge in [-0.05, 0) is 68.5 Å². The van der Waals surface area contributed by atoms with E-state index in [2.05, 4.69) is 25.7 Å². The van der Waals surface area contributed by atoms with E-state index < -0.39 is 0 Å². The summed E-state index contributed by atoms with van der Waals surface area (Å²) in [6.45, 7) is 10.7. The smallest absolute Gasteiger partial charge is 0.0489 e. The van der Waals surface area contributed by atoms with Gasteiger partial charge >= 0.3 is 0 Å². The zero-order valence-corrected chi connectivity index (χ0v) is 14.2. The van der Waals surface area contributed by atoms with Crippen LogP contribution in [0.2, 0.25) is 0 Å². The van der Waals surface area contributed by atoms with Gasteiger partial charge in [0.15, 0.2) is 0 Å². The molecule has 0 aromatic heterocycles. The van der Waals surface area contributed by atoms with Crippen molar-refractivity contribution < 1.29 is 5.11 Å². The molecule has 1 saturated heterocycles. The summed E-state index contributed by atoms with van der Waals surface area (Å²) in [6, 6.07) is 0. The first-order chi connectivity index (χ1) is 9.94. The number of aliphatic hydroxyl groups is 1. The first kappa shape index (κ1) is 15.8. The monoisotopic (exact) mass is 294 g/mol. The molecule has 2 aliphatic carbocycles. The maximum atomic E-state index is 10.1. The van der Waals surface area contributed by atoms with E-state index in [1.807, 2.05) is 0 Å². The molecule has 0 aromatic carbocycles. The summed E-state index contributed by atoms with van der Waals surface area (Å²) in [4.78, 5) is 2.76. The fourth-order valence-electron chi connectivity index (χ4n) is 6.40. The lowest BCUT2D eigenvalue weighted by Crippen LogP contribution is -2.66. The Morgan fingerprint density at radius 2 is 1.86 bits per heavy atom. The Hall–Kier alpha value is -0.120. The molecule has 0 unspecified atom stereocenters. The molecule has 3 N–H and O–H groups in total. The van der Waals surface area contributed by atoms with E-state index in [1.165, 1.54) is 51.6 Å². The summed E-state index contributed by atoms with van der Waals surface area (Å²) in [6.07, 6.45) is 7.90. The number of piperidine rings is 1. The van der Waals surface area contributed by atoms with Crippen LogP contribution in [0.4, 0.5) is 0 Å². The van der Waals surface area contributed by atoms with Crippen molar-refractivity contribution in [2.24, 2.45) is 28.4 Å². The summed E-state index contributed by atoms with van der Waals surface area (Å²) < 4.78 is 0. The van der Waals surface area contributed by atoms with Gasteiger partial charge in [0.25, 0.3) is 0 Å². The third-order valence-electron chi connectivity index (χ3n) is 8.05. The van der Waals surface area contributed by atoms with Crippen molar-refractivity contribution >= 4 is 0 Å². The number of nitrogens with zero attached hydrogens (tertiary/aromatic N) is 1. The van der Waals surface area contributed by atoms with Crippen LogP contribution in [0.5, 0.6) is 0 Å². The summed E-state index contributed by atoms with van der Waals surface area (Å²) in [5.41, 5.74) is 6.93. The number of likely N-dealkylation sites (tertiary alicyclic amines) is 1. The molecule has 3 rings (SSSR count). The number of hydrogen-bond acceptors (Lipinski definition) is 3. The van der Waals surface area contributed by atoms with Crippen LogP contribution in [-0.2, 0) is 0 Å². The standard InChI is InChI=1S/C18H34N2O/c1-16(2)14-7-8-17(16,3)18(11-14,15(12-19)13-21)20-9-5-4-6-10-20/h14-15,21H,4-13,19H2,1-3H3/t14-,15-,17+,18-/m0/s1. The molecule has 3 nitrogen and oxygen atoms in total. The zero-order chi connectivity index (χ0) is 15.3. The Bertz CT molecular complexity index is 387. The van der Waals surface area contributed by atoms with E-state index in [1.54, 1.807) is 0 Å². The van der Waals surface area contributed by atoms with Crippen LogP contribution in [0.15, 0.2) is 0 Å². The van der Waals surface area contributed by atoms with Gasteiger partial charge in [0.05, 0.1) is 0 Å². The fourth-order valence-corrected chi connectivity index (χ4v) is 6.40. The van der Waals surface area contributed by atoms with Crippen molar-refractivity contribution in [1.82, 2.24) is 4.90 Å². The second-order valence-corrected chi connectivity index (χ2v) is 8.58. The van der Waals surface area contributed by atoms with Gasteiger partial charge in [-0.15, -0.1) is 0 Å². The first-order valence-corrected chi connectivity index (χ1v) is 9.00. The second kappa shape index (κ2) is 5.21. The number of hydrogen-bond donors (Lipinski definition) is 2. The molecule has 122 valence electrons. The third kappa shape index (κ3) is 1.83. The first-order valence-electron chi connectivity index (χ1n) is 9.00. The van der Waals surface area contributed by atoms with Crippen LogP contribution < -0.4 is 5.73 Å². The minimum Gasteiger partial charge on any atom is -0.396 e. The van der Waals surface area contributed by atoms with Crippen molar-refractivity contribution in [1.29, 1.82) is 0 Å². The number of nitrogens with two attached hydrogens (primary N) is 1. The second-order valence-electron chi connectivity index (χ2n) is 8.58. The molecule has 1 heterocycles. The van der Waals surface area contributed by atoms with E-state index in [-0.39, 0.29) is 23.5 Å². The molecule has 3 heteroatoms. The van der Waals surface area contributed by atoms with Gasteiger partial charge in [0.2, 0.25) is 0 Å². The predicted molar refractivity (Wildman–Crippen MR) is 87.0 cm³/mol. The Kier molecular flexibility index (Phi) is 3.91. The third-order valence-corrected chi connectivity index (χ3v) is 8.05. The van der Waals surface area contributed by atoms with Crippen molar-refractivity contribution in [3.8, 4) is 0 Å². The number of rotatable bonds is 4. The SMILES string of the molecule is CC1(C)[C@H]2CC[C@@]1(C)[C@]([C@@H](CN)CO)(N1CCCCC1)C2. The highest BCUT2D eigenvalue weighted by Gasteiger charge is 2.71. The Morgan fingerprint density at radius 1 is 1.19 bits per heavy atom. The minimum absolute atomic E-state index is 0.128. The van der Waals surface area contributed by atoms with E-state index in [0.717, 1.165) is 5.92 Å². The van der Waals surface area contributed by atoms with Crippen LogP contribution in [0.25, 0.3) is 0 Å². The molecule has 3 aliphatic rings. The summed E-state index contributed by atoms with van der Waals surface area (Å²) >= 11 is 0. The van der Waals surface area contributed by atoms with Crippen LogP contribution in [0, 0.1) is 22.7 Å². The highest BCUT2D eigenvalue weighted by Crippen LogP contribution is 2.72. The molecule has 0 amide bonds. The van der Waals surface area contributed by atoms with E-state index in [9.17, 15) is 5.11 Å². The molecule has 1 aliphatic heterocycles. The zero-order valence-electron chi connectivity index (χ0n) is 14.2. The van der Waals surface area contributed by atoms with Crippen LogP contribution in [-0.4, -0.2) is 41.8 Å². The molecule has 0 spiro atoms. The number of aliphatic hydroxyl groups excluding tert-OH is 1. The van der Waals surface area contributed by atoms with Crippen LogP contribution in [0.1, 0.15) is 59.3 Å². The lowest BCUT2D eigenvalue weighted by atomic mass is 9.57. The topological polar surface area (TPSA) is 49.5 Å². The molecule has 0 radical (unpaired) electrons. The maximum Gasteiger partial charge on any atom is 0.0489 e. The van der Waals surface area contributed by atoms with Crippen molar-refractivity contribution in [3.63, 3.8) is 0 Å². The Balaban J connectivity index is 2.06. The summed E-state index contributed by atoms with van der Waals surface area (Å²) in [7, 11) is 0. The van der Waals surface area contributed by atoms with E-state index in [0.29, 0.717) is 12.0 Å². The van der Waals surface area contributed by atoms with Gasteiger partial charge in [0, 0.05) is 18.1 Å². The van der Waals surface area contributed by atoms with Gasteiger partial charge in [-0.25, -0.2) is 0 Å². The molecule has 4 atom stereocenters. The van der Waals surface area contributed by atoms with Crippen molar-refractivity contribution in [2.45, 2.75) is 64.8 Å². The Morgan fingerprint density at radius 3 is 2.29 bits per heavy atom. The largest absolute Gasteiger partial charge is 0.396 e. The average molecular weight is 294 g/mol. The normalized spacial score (nSPS) is 44.1. The van der Waals surface area contributed by atoms with Gasteiger partial charge in [-0.1, -0.05) is 27.2 Å². The Labute approximate surface area is 130 Å². The molecule has 2 saturated carbocycles. The highest BCUT2D eigenvalue weighted by molar-refractivity contribution is 5.23. The van der Waals surface area contributed by atoms with Gasteiger partial charge in [-0.3, -0.25) is 4.90 Å². The predicted octanol–water partition coefficient (Wildman–Crippen LogP) is 2.62. The van der Waals surface area contributed by atoms with Gasteiger partial charge in [0.1, 0.15) is 0 Å².